The number of nitrogens with zero attached hydrogens (tertiary/aromatic N) is 3. The first-order valence-corrected chi connectivity index (χ1v) is 6.23. The Morgan fingerprint density at radius 2 is 1.94 bits per heavy atom. The fraction of sp³-hybridized carbons (Fsp3) is 0.917. The van der Waals surface area contributed by atoms with Crippen LogP contribution in [-0.2, 0) is 0 Å². The molecule has 1 unspecified atom stereocenters. The van der Waals surface area contributed by atoms with Gasteiger partial charge in [-0.05, 0) is 26.8 Å². The maximum absolute atomic E-state index is 9.12. The quantitative estimate of drug-likeness (QED) is 0.741. The topological polar surface area (TPSA) is 42.3 Å². The van der Waals surface area contributed by atoms with Gasteiger partial charge in [0.2, 0.25) is 0 Å². The molecular formula is C12H22N4. The molecule has 0 spiro atoms. The summed E-state index contributed by atoms with van der Waals surface area (Å²) in [5, 5.41) is 12.2. The van der Waals surface area contributed by atoms with Crippen LogP contribution in [0.2, 0.25) is 0 Å². The van der Waals surface area contributed by atoms with Crippen LogP contribution in [-0.4, -0.2) is 61.2 Å². The van der Waals surface area contributed by atoms with Gasteiger partial charge in [-0.15, -0.1) is 0 Å². The van der Waals surface area contributed by atoms with Crippen molar-refractivity contribution in [3.8, 4) is 6.07 Å². The van der Waals surface area contributed by atoms with E-state index in [0.29, 0.717) is 0 Å². The fourth-order valence-electron chi connectivity index (χ4n) is 2.34. The van der Waals surface area contributed by atoms with E-state index >= 15 is 0 Å². The van der Waals surface area contributed by atoms with Gasteiger partial charge in [-0.1, -0.05) is 0 Å². The highest BCUT2D eigenvalue weighted by atomic mass is 15.3. The zero-order valence-corrected chi connectivity index (χ0v) is 10.4. The Morgan fingerprint density at radius 1 is 1.31 bits per heavy atom. The molecule has 1 heterocycles. The molecule has 2 rings (SSSR count). The van der Waals surface area contributed by atoms with E-state index in [2.05, 4.69) is 21.2 Å². The number of nitriles is 1. The predicted octanol–water partition coefficient (Wildman–Crippen LogP) is 0.268. The van der Waals surface area contributed by atoms with Crippen LogP contribution in [0, 0.1) is 11.3 Å². The standard InChI is InChI=1S/C12H22N4/c1-12(9-13,14-2)10-15-5-7-16(8-6-15)11-3-4-11/h11,14H,3-8,10H2,1-2H3. The van der Waals surface area contributed by atoms with Gasteiger partial charge in [0.05, 0.1) is 6.07 Å². The summed E-state index contributed by atoms with van der Waals surface area (Å²) in [7, 11) is 1.86. The highest BCUT2D eigenvalue weighted by molar-refractivity contribution is 5.05. The molecule has 1 saturated heterocycles. The minimum atomic E-state index is -0.401. The molecule has 4 nitrogen and oxygen atoms in total. The molecule has 1 aliphatic heterocycles. The minimum Gasteiger partial charge on any atom is -0.302 e. The number of rotatable bonds is 4. The second kappa shape index (κ2) is 4.70. The van der Waals surface area contributed by atoms with E-state index in [1.54, 1.807) is 0 Å². The summed E-state index contributed by atoms with van der Waals surface area (Å²) in [5.74, 6) is 0. The monoisotopic (exact) mass is 222 g/mol. The molecule has 0 bridgehead atoms. The van der Waals surface area contributed by atoms with Crippen LogP contribution in [0.25, 0.3) is 0 Å². The highest BCUT2D eigenvalue weighted by Gasteiger charge is 2.33. The van der Waals surface area contributed by atoms with Crippen molar-refractivity contribution in [2.45, 2.75) is 31.3 Å². The molecule has 0 aromatic heterocycles. The fourth-order valence-corrected chi connectivity index (χ4v) is 2.34. The van der Waals surface area contributed by atoms with Crippen molar-refractivity contribution in [2.24, 2.45) is 0 Å². The van der Waals surface area contributed by atoms with Crippen LogP contribution in [0.1, 0.15) is 19.8 Å². The van der Waals surface area contributed by atoms with Crippen LogP contribution >= 0.6 is 0 Å². The number of nitrogens with one attached hydrogen (secondary N) is 1. The van der Waals surface area contributed by atoms with Gasteiger partial charge >= 0.3 is 0 Å². The van der Waals surface area contributed by atoms with Crippen LogP contribution in [0.5, 0.6) is 0 Å². The van der Waals surface area contributed by atoms with Gasteiger partial charge in [-0.25, -0.2) is 0 Å². The second-order valence-electron chi connectivity index (χ2n) is 5.24. The summed E-state index contributed by atoms with van der Waals surface area (Å²) in [5.41, 5.74) is -0.401. The maximum atomic E-state index is 9.12. The van der Waals surface area contributed by atoms with Crippen molar-refractivity contribution in [1.29, 1.82) is 5.26 Å². The molecule has 1 saturated carbocycles. The third-order valence-corrected chi connectivity index (χ3v) is 3.81. The van der Waals surface area contributed by atoms with Crippen molar-refractivity contribution >= 4 is 0 Å². The van der Waals surface area contributed by atoms with E-state index in [0.717, 1.165) is 25.7 Å². The molecule has 1 aliphatic carbocycles. The van der Waals surface area contributed by atoms with E-state index in [1.807, 2.05) is 14.0 Å². The summed E-state index contributed by atoms with van der Waals surface area (Å²) in [6.45, 7) is 7.37. The van der Waals surface area contributed by atoms with Gasteiger partial charge in [-0.2, -0.15) is 5.26 Å². The van der Waals surface area contributed by atoms with Gasteiger partial charge in [-0.3, -0.25) is 9.80 Å². The summed E-state index contributed by atoms with van der Waals surface area (Å²) >= 11 is 0. The largest absolute Gasteiger partial charge is 0.302 e. The van der Waals surface area contributed by atoms with E-state index in [4.69, 9.17) is 5.26 Å². The molecule has 1 N–H and O–H groups in total. The lowest BCUT2D eigenvalue weighted by molar-refractivity contribution is 0.112. The summed E-state index contributed by atoms with van der Waals surface area (Å²) in [4.78, 5) is 5.00. The molecule has 1 atom stereocenters. The zero-order valence-electron chi connectivity index (χ0n) is 10.4. The first kappa shape index (κ1) is 11.8. The first-order valence-electron chi connectivity index (χ1n) is 6.23. The molecule has 0 aromatic carbocycles. The van der Waals surface area contributed by atoms with Gasteiger partial charge in [0.1, 0.15) is 5.54 Å². The number of hydrogen-bond acceptors (Lipinski definition) is 4. The minimum absolute atomic E-state index is 0.401. The molecule has 16 heavy (non-hydrogen) atoms. The van der Waals surface area contributed by atoms with Crippen molar-refractivity contribution in [3.05, 3.63) is 0 Å². The summed E-state index contributed by atoms with van der Waals surface area (Å²) in [6.07, 6.45) is 2.79. The maximum Gasteiger partial charge on any atom is 0.116 e. The van der Waals surface area contributed by atoms with Crippen LogP contribution < -0.4 is 5.32 Å². The molecule has 0 amide bonds. The lowest BCUT2D eigenvalue weighted by atomic mass is 10.0. The lowest BCUT2D eigenvalue weighted by Crippen LogP contribution is -2.54. The average molecular weight is 222 g/mol. The van der Waals surface area contributed by atoms with Crippen LogP contribution in [0.4, 0.5) is 0 Å². The van der Waals surface area contributed by atoms with Gasteiger partial charge in [0.25, 0.3) is 0 Å². The Bertz CT molecular complexity index is 273. The van der Waals surface area contributed by atoms with Crippen molar-refractivity contribution in [3.63, 3.8) is 0 Å². The highest BCUT2D eigenvalue weighted by Crippen LogP contribution is 2.27. The smallest absolute Gasteiger partial charge is 0.116 e. The van der Waals surface area contributed by atoms with Crippen molar-refractivity contribution in [2.75, 3.05) is 39.8 Å². The Labute approximate surface area is 98.2 Å². The Morgan fingerprint density at radius 3 is 2.38 bits per heavy atom. The van der Waals surface area contributed by atoms with E-state index in [-0.39, 0.29) is 0 Å². The lowest BCUT2D eigenvalue weighted by Gasteiger charge is -2.37. The Balaban J connectivity index is 1.78. The predicted molar refractivity (Wildman–Crippen MR) is 64.1 cm³/mol. The Hall–Kier alpha value is -0.630. The molecule has 90 valence electrons. The molecule has 2 aliphatic rings. The van der Waals surface area contributed by atoms with E-state index < -0.39 is 5.54 Å². The third-order valence-electron chi connectivity index (χ3n) is 3.81. The second-order valence-corrected chi connectivity index (χ2v) is 5.24. The number of hydrogen-bond donors (Lipinski definition) is 1. The van der Waals surface area contributed by atoms with Crippen molar-refractivity contribution < 1.29 is 0 Å². The zero-order chi connectivity index (χ0) is 11.6. The number of likely N-dealkylation sites (N-methyl/N-ethyl adjacent to an activating group) is 1. The normalized spacial score (nSPS) is 27.3. The first-order chi connectivity index (χ1) is 7.67. The van der Waals surface area contributed by atoms with Gasteiger partial charge < -0.3 is 5.32 Å². The SMILES string of the molecule is CNC(C)(C#N)CN1CCN(C2CC2)CC1. The molecular weight excluding hydrogens is 200 g/mol. The average Bonchev–Trinajstić information content (AvgIpc) is 3.14. The van der Waals surface area contributed by atoms with Gasteiger partial charge in [0, 0.05) is 38.8 Å². The molecule has 0 aromatic rings. The van der Waals surface area contributed by atoms with Gasteiger partial charge in [0.15, 0.2) is 0 Å². The Kier molecular flexibility index (Phi) is 3.48. The van der Waals surface area contributed by atoms with Crippen LogP contribution in [0.3, 0.4) is 0 Å². The van der Waals surface area contributed by atoms with E-state index in [1.165, 1.54) is 25.9 Å². The summed E-state index contributed by atoms with van der Waals surface area (Å²) in [6, 6.07) is 3.24. The van der Waals surface area contributed by atoms with E-state index in [9.17, 15) is 0 Å². The number of piperazine rings is 1. The molecule has 2 fully saturated rings. The van der Waals surface area contributed by atoms with Crippen molar-refractivity contribution in [1.82, 2.24) is 15.1 Å². The third kappa shape index (κ3) is 2.73. The van der Waals surface area contributed by atoms with Crippen LogP contribution in [0.15, 0.2) is 0 Å². The molecule has 0 radical (unpaired) electrons. The summed E-state index contributed by atoms with van der Waals surface area (Å²) < 4.78 is 0. The molecule has 4 heteroatoms.